The summed E-state index contributed by atoms with van der Waals surface area (Å²) in [5.74, 6) is -0.0852. The first-order valence-corrected chi connectivity index (χ1v) is 11.0. The maximum absolute atomic E-state index is 13.9. The molecule has 0 amide bonds. The van der Waals surface area contributed by atoms with E-state index in [1.807, 2.05) is 42.5 Å². The van der Waals surface area contributed by atoms with Gasteiger partial charge in [0.1, 0.15) is 18.5 Å². The van der Waals surface area contributed by atoms with Crippen molar-refractivity contribution in [2.75, 3.05) is 6.67 Å². The second-order valence-corrected chi connectivity index (χ2v) is 8.06. The van der Waals surface area contributed by atoms with E-state index < -0.39 is 12.8 Å². The van der Waals surface area contributed by atoms with Crippen molar-refractivity contribution in [1.82, 2.24) is 4.98 Å². The molecule has 164 valence electrons. The molecular weight excluding hydrogens is 405 g/mol. The number of aromatic nitrogens is 1. The number of rotatable bonds is 9. The Kier molecular flexibility index (Phi) is 6.74. The molecule has 1 aromatic heterocycles. The minimum absolute atomic E-state index is 0.0302. The van der Waals surface area contributed by atoms with Crippen LogP contribution in [0.1, 0.15) is 69.5 Å². The maximum atomic E-state index is 13.9. The fourth-order valence-electron chi connectivity index (χ4n) is 4.31. The molecule has 0 radical (unpaired) electrons. The van der Waals surface area contributed by atoms with Crippen LogP contribution in [-0.2, 0) is 6.42 Å². The zero-order chi connectivity index (χ0) is 22.5. The highest BCUT2D eigenvalue weighted by Gasteiger charge is 2.38. The van der Waals surface area contributed by atoms with Gasteiger partial charge in [-0.1, -0.05) is 43.3 Å². The van der Waals surface area contributed by atoms with Gasteiger partial charge in [-0.2, -0.15) is 0 Å². The number of fused-ring (bicyclic) bond motifs is 1. The Morgan fingerprint density at radius 2 is 1.88 bits per heavy atom. The lowest BCUT2D eigenvalue weighted by Crippen LogP contribution is -2.22. The highest BCUT2D eigenvalue weighted by atomic mass is 19.1. The van der Waals surface area contributed by atoms with Gasteiger partial charge in [-0.25, -0.2) is 4.39 Å². The predicted octanol–water partition coefficient (Wildman–Crippen LogP) is 5.74. The Labute approximate surface area is 187 Å². The van der Waals surface area contributed by atoms with Gasteiger partial charge in [-0.3, -0.25) is 14.6 Å². The third-order valence-electron chi connectivity index (χ3n) is 5.94. The van der Waals surface area contributed by atoms with Crippen LogP contribution in [0.15, 0.2) is 67.0 Å². The quantitative estimate of drug-likeness (QED) is 0.405. The number of hydrogen-bond donors (Lipinski definition) is 0. The fourth-order valence-corrected chi connectivity index (χ4v) is 4.31. The maximum Gasteiger partial charge on any atom is 0.166 e. The third kappa shape index (κ3) is 4.47. The number of benzene rings is 2. The van der Waals surface area contributed by atoms with Gasteiger partial charge in [0.2, 0.25) is 0 Å². The van der Waals surface area contributed by atoms with Crippen molar-refractivity contribution in [3.63, 3.8) is 0 Å². The molecule has 1 aliphatic rings. The van der Waals surface area contributed by atoms with E-state index >= 15 is 0 Å². The first-order valence-electron chi connectivity index (χ1n) is 11.0. The van der Waals surface area contributed by atoms with Crippen LogP contribution in [0.3, 0.4) is 0 Å². The van der Waals surface area contributed by atoms with E-state index in [1.165, 1.54) is 0 Å². The number of halogens is 1. The first kappa shape index (κ1) is 21.9. The van der Waals surface area contributed by atoms with Crippen LogP contribution in [0.25, 0.3) is 0 Å². The molecule has 0 saturated heterocycles. The van der Waals surface area contributed by atoms with Gasteiger partial charge in [0, 0.05) is 36.4 Å². The number of Topliss-reactive ketones (excluding diaryl/α,β-unsaturated/α-hetero) is 2. The molecule has 2 atom stereocenters. The standard InChI is InChI=1S/C27H26FNO3/c1-2-23(30)21-14-20(24(31)12-6-8-18-9-7-13-29-17-18)15-22-26(19-10-4-3-5-11-19)25(16-28)32-27(21)22/h3-5,7,9-11,13-15,17,25-26H,2,6,8,12,16H2,1H3/t25-,26+/m1/s1. The van der Waals surface area contributed by atoms with Crippen molar-refractivity contribution in [2.24, 2.45) is 0 Å². The molecular formula is C27H26FNO3. The zero-order valence-electron chi connectivity index (χ0n) is 18.1. The molecule has 0 fully saturated rings. The van der Waals surface area contributed by atoms with Gasteiger partial charge in [0.15, 0.2) is 11.6 Å². The summed E-state index contributed by atoms with van der Waals surface area (Å²) in [6.45, 7) is 1.09. The normalized spacial score (nSPS) is 16.9. The number of alkyl halides is 1. The van der Waals surface area contributed by atoms with Gasteiger partial charge >= 0.3 is 0 Å². The summed E-state index contributed by atoms with van der Waals surface area (Å²) in [5.41, 5.74) is 3.56. The van der Waals surface area contributed by atoms with Crippen molar-refractivity contribution >= 4 is 11.6 Å². The van der Waals surface area contributed by atoms with E-state index in [-0.39, 0.29) is 23.9 Å². The molecule has 5 heteroatoms. The minimum Gasteiger partial charge on any atom is -0.486 e. The molecule has 0 spiro atoms. The number of carbonyl (C=O) groups is 2. The van der Waals surface area contributed by atoms with Crippen molar-refractivity contribution < 1.29 is 18.7 Å². The van der Waals surface area contributed by atoms with E-state index in [0.717, 1.165) is 17.5 Å². The summed E-state index contributed by atoms with van der Waals surface area (Å²) in [6, 6.07) is 16.8. The van der Waals surface area contributed by atoms with Crippen LogP contribution < -0.4 is 4.74 Å². The summed E-state index contributed by atoms with van der Waals surface area (Å²) < 4.78 is 19.9. The second kappa shape index (κ2) is 9.86. The topological polar surface area (TPSA) is 56.3 Å². The van der Waals surface area contributed by atoms with E-state index in [4.69, 9.17) is 4.74 Å². The number of hydrogen-bond acceptors (Lipinski definition) is 4. The van der Waals surface area contributed by atoms with Gasteiger partial charge in [0.05, 0.1) is 11.5 Å². The lowest BCUT2D eigenvalue weighted by atomic mass is 9.85. The van der Waals surface area contributed by atoms with Gasteiger partial charge < -0.3 is 4.74 Å². The van der Waals surface area contributed by atoms with E-state index in [2.05, 4.69) is 4.98 Å². The van der Waals surface area contributed by atoms with Crippen molar-refractivity contribution in [3.05, 3.63) is 94.8 Å². The first-order chi connectivity index (χ1) is 15.6. The molecule has 0 bridgehead atoms. The molecule has 0 aliphatic carbocycles. The number of carbonyl (C=O) groups excluding carboxylic acids is 2. The van der Waals surface area contributed by atoms with Crippen LogP contribution in [0.5, 0.6) is 5.75 Å². The molecule has 2 aromatic carbocycles. The van der Waals surface area contributed by atoms with E-state index in [1.54, 1.807) is 31.5 Å². The van der Waals surface area contributed by atoms with Crippen LogP contribution in [0.4, 0.5) is 4.39 Å². The van der Waals surface area contributed by atoms with Gasteiger partial charge in [-0.05, 0) is 42.2 Å². The van der Waals surface area contributed by atoms with Crippen LogP contribution in [0, 0.1) is 0 Å². The Morgan fingerprint density at radius 3 is 2.56 bits per heavy atom. The molecule has 3 aromatic rings. The molecule has 4 rings (SSSR count). The molecule has 0 N–H and O–H groups in total. The van der Waals surface area contributed by atoms with Crippen molar-refractivity contribution in [2.45, 2.75) is 44.6 Å². The lowest BCUT2D eigenvalue weighted by molar-refractivity contribution is 0.0979. The van der Waals surface area contributed by atoms with Crippen LogP contribution in [-0.4, -0.2) is 29.3 Å². The number of nitrogens with zero attached hydrogens (tertiary/aromatic N) is 1. The zero-order valence-corrected chi connectivity index (χ0v) is 18.1. The fraction of sp³-hybridized carbons (Fsp3) is 0.296. The second-order valence-electron chi connectivity index (χ2n) is 8.06. The number of ether oxygens (including phenoxy) is 1. The van der Waals surface area contributed by atoms with Crippen molar-refractivity contribution in [3.8, 4) is 5.75 Å². The summed E-state index contributed by atoms with van der Waals surface area (Å²) in [7, 11) is 0. The summed E-state index contributed by atoms with van der Waals surface area (Å²) in [5, 5.41) is 0. The lowest BCUT2D eigenvalue weighted by Gasteiger charge is -2.16. The van der Waals surface area contributed by atoms with Gasteiger partial charge in [0.25, 0.3) is 0 Å². The van der Waals surface area contributed by atoms with Gasteiger partial charge in [-0.15, -0.1) is 0 Å². The molecule has 32 heavy (non-hydrogen) atoms. The van der Waals surface area contributed by atoms with E-state index in [0.29, 0.717) is 35.3 Å². The Morgan fingerprint density at radius 1 is 1.06 bits per heavy atom. The largest absolute Gasteiger partial charge is 0.486 e. The molecule has 0 unspecified atom stereocenters. The van der Waals surface area contributed by atoms with E-state index in [9.17, 15) is 14.0 Å². The molecule has 4 nitrogen and oxygen atoms in total. The van der Waals surface area contributed by atoms with Crippen LogP contribution in [0.2, 0.25) is 0 Å². The summed E-state index contributed by atoms with van der Waals surface area (Å²) in [4.78, 5) is 29.8. The monoisotopic (exact) mass is 431 g/mol. The van der Waals surface area contributed by atoms with Crippen molar-refractivity contribution in [1.29, 1.82) is 0 Å². The average molecular weight is 432 g/mol. The Hall–Kier alpha value is -3.34. The molecule has 1 aliphatic heterocycles. The highest BCUT2D eigenvalue weighted by Crippen LogP contribution is 2.45. The summed E-state index contributed by atoms with van der Waals surface area (Å²) in [6.07, 6.45) is 4.89. The molecule has 2 heterocycles. The Bertz CT molecular complexity index is 1100. The summed E-state index contributed by atoms with van der Waals surface area (Å²) >= 11 is 0. The number of pyridine rings is 1. The molecule has 0 saturated carbocycles. The third-order valence-corrected chi connectivity index (χ3v) is 5.94. The average Bonchev–Trinajstić information content (AvgIpc) is 3.22. The smallest absolute Gasteiger partial charge is 0.166 e. The SMILES string of the molecule is CCC(=O)c1cc(C(=O)CCCc2cccnc2)cc2c1O[C@H](CF)[C@H]2c1ccccc1. The van der Waals surface area contributed by atoms with Crippen LogP contribution >= 0.6 is 0 Å². The minimum atomic E-state index is -0.716. The highest BCUT2D eigenvalue weighted by molar-refractivity contribution is 6.04. The predicted molar refractivity (Wildman–Crippen MR) is 121 cm³/mol. The number of aryl methyl sites for hydroxylation is 1. The number of ketones is 2. The Balaban J connectivity index is 1.66.